The quantitative estimate of drug-likeness (QED) is 0.738. The van der Waals surface area contributed by atoms with E-state index in [0.29, 0.717) is 23.4 Å². The molecule has 1 amide bonds. The van der Waals surface area contributed by atoms with Gasteiger partial charge in [0.25, 0.3) is 0 Å². The van der Waals surface area contributed by atoms with E-state index < -0.39 is 0 Å². The van der Waals surface area contributed by atoms with Crippen LogP contribution < -0.4 is 10.9 Å². The van der Waals surface area contributed by atoms with Gasteiger partial charge in [0.05, 0.1) is 0 Å². The minimum Gasteiger partial charge on any atom is -0.423 e. The summed E-state index contributed by atoms with van der Waals surface area (Å²) in [5.41, 5.74) is 3.55. The van der Waals surface area contributed by atoms with Gasteiger partial charge in [-0.3, -0.25) is 4.79 Å². The van der Waals surface area contributed by atoms with Gasteiger partial charge in [0, 0.05) is 23.6 Å². The van der Waals surface area contributed by atoms with Crippen molar-refractivity contribution in [3.63, 3.8) is 0 Å². The first-order valence-corrected chi connectivity index (χ1v) is 8.20. The van der Waals surface area contributed by atoms with Crippen molar-refractivity contribution < 1.29 is 9.21 Å². The maximum Gasteiger partial charge on any atom is 0.339 e. The Morgan fingerprint density at radius 2 is 2.00 bits per heavy atom. The number of benzene rings is 1. The van der Waals surface area contributed by atoms with Crippen LogP contribution in [0.25, 0.3) is 11.0 Å². The lowest BCUT2D eigenvalue weighted by Gasteiger charge is -2.09. The predicted octanol–water partition coefficient (Wildman–Crippen LogP) is 3.68. The molecule has 0 aliphatic heterocycles. The molecule has 1 N–H and O–H groups in total. The van der Waals surface area contributed by atoms with Crippen LogP contribution in [0.3, 0.4) is 0 Å². The first-order valence-electron chi connectivity index (χ1n) is 8.20. The molecule has 2 heterocycles. The fourth-order valence-corrected chi connectivity index (χ4v) is 2.84. The standard InChI is InChI=1S/C20H20N2O3/c1-12-6-7-15-14(3)16(20(24)25-17(15)11-12)8-9-18(23)22-19-13(2)5-4-10-21-19/h4-7,10-11H,8-9H2,1-3H3,(H,21,22,23). The van der Waals surface area contributed by atoms with Crippen LogP contribution in [0.2, 0.25) is 0 Å². The zero-order chi connectivity index (χ0) is 18.0. The topological polar surface area (TPSA) is 72.2 Å². The Bertz CT molecular complexity index is 1010. The van der Waals surface area contributed by atoms with Crippen LogP contribution >= 0.6 is 0 Å². The molecule has 0 radical (unpaired) electrons. The number of carbonyl (C=O) groups excluding carboxylic acids is 1. The fraction of sp³-hybridized carbons (Fsp3) is 0.250. The minimum atomic E-state index is -0.377. The molecule has 128 valence electrons. The van der Waals surface area contributed by atoms with Crippen molar-refractivity contribution in [1.82, 2.24) is 4.98 Å². The van der Waals surface area contributed by atoms with Crippen LogP contribution in [-0.4, -0.2) is 10.9 Å². The average molecular weight is 336 g/mol. The third kappa shape index (κ3) is 3.60. The molecule has 25 heavy (non-hydrogen) atoms. The number of nitrogens with one attached hydrogen (secondary N) is 1. The smallest absolute Gasteiger partial charge is 0.339 e. The van der Waals surface area contributed by atoms with Crippen molar-refractivity contribution in [2.45, 2.75) is 33.6 Å². The molecule has 3 aromatic rings. The number of carbonyl (C=O) groups is 1. The van der Waals surface area contributed by atoms with Gasteiger partial charge in [-0.05, 0) is 56.0 Å². The minimum absolute atomic E-state index is 0.176. The van der Waals surface area contributed by atoms with Crippen molar-refractivity contribution >= 4 is 22.7 Å². The Labute approximate surface area is 145 Å². The second-order valence-electron chi connectivity index (χ2n) is 6.21. The summed E-state index contributed by atoms with van der Waals surface area (Å²) in [6.45, 7) is 5.73. The first-order chi connectivity index (χ1) is 12.0. The Morgan fingerprint density at radius 1 is 1.20 bits per heavy atom. The summed E-state index contributed by atoms with van der Waals surface area (Å²) >= 11 is 0. The van der Waals surface area contributed by atoms with Gasteiger partial charge in [-0.15, -0.1) is 0 Å². The molecule has 3 rings (SSSR count). The summed E-state index contributed by atoms with van der Waals surface area (Å²) < 4.78 is 5.42. The lowest BCUT2D eigenvalue weighted by atomic mass is 10.0. The number of hydrogen-bond donors (Lipinski definition) is 1. The highest BCUT2D eigenvalue weighted by Gasteiger charge is 2.14. The van der Waals surface area contributed by atoms with E-state index in [1.165, 1.54) is 0 Å². The molecule has 5 nitrogen and oxygen atoms in total. The van der Waals surface area contributed by atoms with Gasteiger partial charge < -0.3 is 9.73 Å². The van der Waals surface area contributed by atoms with E-state index in [1.54, 1.807) is 6.20 Å². The van der Waals surface area contributed by atoms with Gasteiger partial charge in [0.1, 0.15) is 11.4 Å². The molecular formula is C20H20N2O3. The first kappa shape index (κ1) is 16.9. The molecule has 2 aromatic heterocycles. The number of nitrogens with zero attached hydrogens (tertiary/aromatic N) is 1. The highest BCUT2D eigenvalue weighted by atomic mass is 16.4. The van der Waals surface area contributed by atoms with Crippen LogP contribution in [0, 0.1) is 20.8 Å². The number of fused-ring (bicyclic) bond motifs is 1. The Balaban J connectivity index is 1.79. The molecule has 5 heteroatoms. The van der Waals surface area contributed by atoms with E-state index in [-0.39, 0.29) is 18.0 Å². The molecule has 0 atom stereocenters. The summed E-state index contributed by atoms with van der Waals surface area (Å²) in [7, 11) is 0. The summed E-state index contributed by atoms with van der Waals surface area (Å²) in [4.78, 5) is 28.6. The van der Waals surface area contributed by atoms with E-state index in [4.69, 9.17) is 4.42 Å². The lowest BCUT2D eigenvalue weighted by Crippen LogP contribution is -2.17. The third-order valence-electron chi connectivity index (χ3n) is 4.31. The monoisotopic (exact) mass is 336 g/mol. The van der Waals surface area contributed by atoms with Gasteiger partial charge in [0.15, 0.2) is 0 Å². The number of anilines is 1. The van der Waals surface area contributed by atoms with E-state index in [9.17, 15) is 9.59 Å². The fourth-order valence-electron chi connectivity index (χ4n) is 2.84. The highest BCUT2D eigenvalue weighted by Crippen LogP contribution is 2.21. The number of rotatable bonds is 4. The third-order valence-corrected chi connectivity index (χ3v) is 4.31. The predicted molar refractivity (Wildman–Crippen MR) is 97.9 cm³/mol. The normalized spacial score (nSPS) is 10.8. The molecule has 0 unspecified atom stereocenters. The van der Waals surface area contributed by atoms with Gasteiger partial charge in [-0.2, -0.15) is 0 Å². The summed E-state index contributed by atoms with van der Waals surface area (Å²) in [6, 6.07) is 9.48. The van der Waals surface area contributed by atoms with Crippen LogP contribution in [0.15, 0.2) is 45.7 Å². The molecule has 0 bridgehead atoms. The van der Waals surface area contributed by atoms with Crippen LogP contribution in [0.5, 0.6) is 0 Å². The Morgan fingerprint density at radius 3 is 2.76 bits per heavy atom. The van der Waals surface area contributed by atoms with E-state index in [0.717, 1.165) is 22.1 Å². The molecule has 0 spiro atoms. The molecule has 0 aliphatic rings. The molecule has 0 saturated heterocycles. The van der Waals surface area contributed by atoms with Crippen LogP contribution in [0.4, 0.5) is 5.82 Å². The van der Waals surface area contributed by atoms with E-state index in [1.807, 2.05) is 51.1 Å². The second kappa shape index (κ2) is 6.89. The average Bonchev–Trinajstić information content (AvgIpc) is 2.56. The summed E-state index contributed by atoms with van der Waals surface area (Å²) in [5.74, 6) is 0.370. The summed E-state index contributed by atoms with van der Waals surface area (Å²) in [6.07, 6.45) is 2.15. The Kier molecular flexibility index (Phi) is 4.65. The zero-order valence-corrected chi connectivity index (χ0v) is 14.6. The number of hydrogen-bond acceptors (Lipinski definition) is 4. The number of aromatic nitrogens is 1. The maximum absolute atomic E-state index is 12.3. The highest BCUT2D eigenvalue weighted by molar-refractivity contribution is 5.90. The number of pyridine rings is 1. The Hall–Kier alpha value is -2.95. The molecule has 0 aliphatic carbocycles. The van der Waals surface area contributed by atoms with Gasteiger partial charge in [0.2, 0.25) is 5.91 Å². The van der Waals surface area contributed by atoms with Crippen molar-refractivity contribution in [1.29, 1.82) is 0 Å². The molecule has 0 fully saturated rings. The zero-order valence-electron chi connectivity index (χ0n) is 14.6. The maximum atomic E-state index is 12.3. The van der Waals surface area contributed by atoms with Crippen LogP contribution in [0.1, 0.15) is 28.7 Å². The second-order valence-corrected chi connectivity index (χ2v) is 6.21. The van der Waals surface area contributed by atoms with Gasteiger partial charge in [-0.1, -0.05) is 18.2 Å². The van der Waals surface area contributed by atoms with Gasteiger partial charge in [-0.25, -0.2) is 9.78 Å². The lowest BCUT2D eigenvalue weighted by molar-refractivity contribution is -0.116. The SMILES string of the molecule is Cc1ccc2c(C)c(CCC(=O)Nc3ncccc3C)c(=O)oc2c1. The molecular weight excluding hydrogens is 316 g/mol. The van der Waals surface area contributed by atoms with E-state index in [2.05, 4.69) is 10.3 Å². The van der Waals surface area contributed by atoms with Crippen molar-refractivity contribution in [3.8, 4) is 0 Å². The number of amides is 1. The number of aryl methyl sites for hydroxylation is 3. The molecule has 1 aromatic carbocycles. The molecule has 0 saturated carbocycles. The van der Waals surface area contributed by atoms with E-state index >= 15 is 0 Å². The van der Waals surface area contributed by atoms with Crippen LogP contribution in [-0.2, 0) is 11.2 Å². The van der Waals surface area contributed by atoms with Crippen molar-refractivity contribution in [3.05, 3.63) is 69.2 Å². The van der Waals surface area contributed by atoms with Gasteiger partial charge >= 0.3 is 5.63 Å². The van der Waals surface area contributed by atoms with Crippen molar-refractivity contribution in [2.24, 2.45) is 0 Å². The largest absolute Gasteiger partial charge is 0.423 e. The van der Waals surface area contributed by atoms with Crippen molar-refractivity contribution in [2.75, 3.05) is 5.32 Å². The summed E-state index contributed by atoms with van der Waals surface area (Å²) in [5, 5.41) is 3.69.